The van der Waals surface area contributed by atoms with Crippen molar-refractivity contribution in [3.8, 4) is 0 Å². The second kappa shape index (κ2) is 5.58. The lowest BCUT2D eigenvalue weighted by Gasteiger charge is -2.13. The largest absolute Gasteiger partial charge is 0.310 e. The Hall–Kier alpha value is -1.97. The lowest BCUT2D eigenvalue weighted by molar-refractivity contribution is -0.120. The summed E-state index contributed by atoms with van der Waals surface area (Å²) in [6.07, 6.45) is 5.07. The summed E-state index contributed by atoms with van der Waals surface area (Å²) in [5, 5.41) is 3.77. The molecule has 0 atom stereocenters. The van der Waals surface area contributed by atoms with Crippen LogP contribution in [-0.4, -0.2) is 15.9 Å². The number of aromatic nitrogens is 2. The van der Waals surface area contributed by atoms with Crippen LogP contribution in [-0.2, 0) is 4.79 Å². The predicted octanol–water partition coefficient (Wildman–Crippen LogP) is 3.00. The minimum atomic E-state index is 0.0313. The second-order valence-corrected chi connectivity index (χ2v) is 4.23. The van der Waals surface area contributed by atoms with E-state index in [1.165, 1.54) is 0 Å². The number of hydrogen-bond donors (Lipinski definition) is 1. The van der Waals surface area contributed by atoms with Crippen LogP contribution in [0.25, 0.3) is 10.9 Å². The molecule has 0 bridgehead atoms. The maximum Gasteiger partial charge on any atom is 0.228 e. The molecular weight excluding hydrogens is 226 g/mol. The van der Waals surface area contributed by atoms with Crippen molar-refractivity contribution in [1.82, 2.24) is 9.97 Å². The third-order valence-corrected chi connectivity index (χ3v) is 3.13. The molecule has 0 aliphatic carbocycles. The van der Waals surface area contributed by atoms with Crippen molar-refractivity contribution in [3.63, 3.8) is 0 Å². The van der Waals surface area contributed by atoms with Crippen molar-refractivity contribution < 1.29 is 4.79 Å². The second-order valence-electron chi connectivity index (χ2n) is 4.23. The Balaban J connectivity index is 2.29. The Labute approximate surface area is 106 Å². The highest BCUT2D eigenvalue weighted by Crippen LogP contribution is 2.20. The Morgan fingerprint density at radius 1 is 1.22 bits per heavy atom. The van der Waals surface area contributed by atoms with Gasteiger partial charge in [0.2, 0.25) is 5.91 Å². The Morgan fingerprint density at radius 3 is 2.72 bits per heavy atom. The number of amides is 1. The van der Waals surface area contributed by atoms with Crippen LogP contribution in [0.15, 0.2) is 30.6 Å². The fourth-order valence-electron chi connectivity index (χ4n) is 1.98. The number of rotatable bonds is 4. The molecule has 0 saturated carbocycles. The summed E-state index contributed by atoms with van der Waals surface area (Å²) in [4.78, 5) is 20.5. The lowest BCUT2D eigenvalue weighted by atomic mass is 10.0. The minimum Gasteiger partial charge on any atom is -0.310 e. The summed E-state index contributed by atoms with van der Waals surface area (Å²) in [5.41, 5.74) is 0.840. The van der Waals surface area contributed by atoms with Crippen molar-refractivity contribution in [2.75, 3.05) is 5.32 Å². The average molecular weight is 243 g/mol. The maximum atomic E-state index is 12.0. The molecule has 0 radical (unpaired) electrons. The summed E-state index contributed by atoms with van der Waals surface area (Å²) in [6, 6.07) is 5.59. The van der Waals surface area contributed by atoms with Gasteiger partial charge in [0.05, 0.1) is 5.52 Å². The average Bonchev–Trinajstić information content (AvgIpc) is 2.40. The van der Waals surface area contributed by atoms with Crippen LogP contribution in [0.3, 0.4) is 0 Å². The van der Waals surface area contributed by atoms with Crippen LogP contribution in [0.5, 0.6) is 0 Å². The molecule has 1 N–H and O–H groups in total. The fraction of sp³-hybridized carbons (Fsp3) is 0.357. The number of nitrogens with one attached hydrogen (secondary N) is 1. The zero-order valence-corrected chi connectivity index (χ0v) is 10.7. The highest BCUT2D eigenvalue weighted by Gasteiger charge is 2.15. The first-order valence-electron chi connectivity index (χ1n) is 6.26. The van der Waals surface area contributed by atoms with E-state index in [1.54, 1.807) is 12.4 Å². The third-order valence-electron chi connectivity index (χ3n) is 3.13. The van der Waals surface area contributed by atoms with Gasteiger partial charge in [-0.15, -0.1) is 0 Å². The van der Waals surface area contributed by atoms with Gasteiger partial charge in [0, 0.05) is 23.7 Å². The highest BCUT2D eigenvalue weighted by molar-refractivity contribution is 5.99. The molecule has 0 saturated heterocycles. The Morgan fingerprint density at radius 2 is 2.00 bits per heavy atom. The van der Waals surface area contributed by atoms with Gasteiger partial charge in [-0.25, -0.2) is 4.98 Å². The quantitative estimate of drug-likeness (QED) is 0.898. The zero-order valence-electron chi connectivity index (χ0n) is 10.7. The van der Waals surface area contributed by atoms with Gasteiger partial charge in [0.15, 0.2) is 0 Å². The molecule has 0 aliphatic rings. The minimum absolute atomic E-state index is 0.0313. The van der Waals surface area contributed by atoms with Gasteiger partial charge in [0.25, 0.3) is 0 Å². The number of pyridine rings is 2. The van der Waals surface area contributed by atoms with Gasteiger partial charge < -0.3 is 5.32 Å². The number of anilines is 1. The number of nitrogens with zero attached hydrogens (tertiary/aromatic N) is 2. The molecule has 0 spiro atoms. The van der Waals surface area contributed by atoms with Crippen molar-refractivity contribution in [1.29, 1.82) is 0 Å². The molecule has 0 aromatic carbocycles. The lowest BCUT2D eigenvalue weighted by Crippen LogP contribution is -2.22. The normalized spacial score (nSPS) is 10.8. The summed E-state index contributed by atoms with van der Waals surface area (Å²) in [6.45, 7) is 4.04. The van der Waals surface area contributed by atoms with E-state index in [0.717, 1.165) is 23.7 Å². The first-order valence-corrected chi connectivity index (χ1v) is 6.26. The van der Waals surface area contributed by atoms with Crippen LogP contribution in [0, 0.1) is 5.92 Å². The van der Waals surface area contributed by atoms with Gasteiger partial charge in [-0.2, -0.15) is 0 Å². The van der Waals surface area contributed by atoms with Crippen molar-refractivity contribution in [2.45, 2.75) is 26.7 Å². The first-order chi connectivity index (χ1) is 8.76. The van der Waals surface area contributed by atoms with Gasteiger partial charge in [-0.1, -0.05) is 13.8 Å². The van der Waals surface area contributed by atoms with Gasteiger partial charge in [-0.3, -0.25) is 9.78 Å². The molecule has 0 fully saturated rings. The molecule has 94 valence electrons. The number of fused-ring (bicyclic) bond motifs is 1. The van der Waals surface area contributed by atoms with Crippen LogP contribution in [0.2, 0.25) is 0 Å². The molecular formula is C14H17N3O. The third kappa shape index (κ3) is 2.47. The van der Waals surface area contributed by atoms with E-state index >= 15 is 0 Å². The van der Waals surface area contributed by atoms with Gasteiger partial charge >= 0.3 is 0 Å². The number of carbonyl (C=O) groups excluding carboxylic acids is 1. The van der Waals surface area contributed by atoms with Crippen molar-refractivity contribution >= 4 is 22.6 Å². The number of hydrogen-bond acceptors (Lipinski definition) is 3. The predicted molar refractivity (Wildman–Crippen MR) is 72.2 cm³/mol. The van der Waals surface area contributed by atoms with E-state index in [4.69, 9.17) is 0 Å². The van der Waals surface area contributed by atoms with Gasteiger partial charge in [-0.05, 0) is 31.0 Å². The van der Waals surface area contributed by atoms with E-state index in [1.807, 2.05) is 32.0 Å². The van der Waals surface area contributed by atoms with E-state index < -0.39 is 0 Å². The standard InChI is InChI=1S/C14H17N3O/c1-3-10(4-2)14(18)17-13-11-6-5-8-15-12(11)7-9-16-13/h5-10H,3-4H2,1-2H3,(H,16,17,18). The molecule has 1 amide bonds. The SMILES string of the molecule is CCC(CC)C(=O)Nc1nccc2ncccc12. The molecule has 2 heterocycles. The molecule has 4 heteroatoms. The first kappa shape index (κ1) is 12.5. The summed E-state index contributed by atoms with van der Waals surface area (Å²) < 4.78 is 0. The monoisotopic (exact) mass is 243 g/mol. The number of carbonyl (C=O) groups is 1. The molecule has 18 heavy (non-hydrogen) atoms. The van der Waals surface area contributed by atoms with Crippen molar-refractivity contribution in [3.05, 3.63) is 30.6 Å². The topological polar surface area (TPSA) is 54.9 Å². The highest BCUT2D eigenvalue weighted by atomic mass is 16.1. The van der Waals surface area contributed by atoms with E-state index in [9.17, 15) is 4.79 Å². The smallest absolute Gasteiger partial charge is 0.228 e. The summed E-state index contributed by atoms with van der Waals surface area (Å²) >= 11 is 0. The molecule has 2 aromatic heterocycles. The van der Waals surface area contributed by atoms with E-state index in [0.29, 0.717) is 5.82 Å². The molecule has 2 aromatic rings. The van der Waals surface area contributed by atoms with Crippen LogP contribution < -0.4 is 5.32 Å². The molecule has 2 rings (SSSR count). The fourth-order valence-corrected chi connectivity index (χ4v) is 1.98. The summed E-state index contributed by atoms with van der Waals surface area (Å²) in [5.74, 6) is 0.667. The molecule has 0 unspecified atom stereocenters. The zero-order chi connectivity index (χ0) is 13.0. The molecule has 0 aliphatic heterocycles. The summed E-state index contributed by atoms with van der Waals surface area (Å²) in [7, 11) is 0. The van der Waals surface area contributed by atoms with Crippen molar-refractivity contribution in [2.24, 2.45) is 5.92 Å². The van der Waals surface area contributed by atoms with Gasteiger partial charge in [0.1, 0.15) is 5.82 Å². The van der Waals surface area contributed by atoms with E-state index in [2.05, 4.69) is 15.3 Å². The Bertz CT molecular complexity index is 544. The molecule has 4 nitrogen and oxygen atoms in total. The maximum absolute atomic E-state index is 12.0. The van der Waals surface area contributed by atoms with Crippen LogP contribution in [0.4, 0.5) is 5.82 Å². The Kier molecular flexibility index (Phi) is 3.87. The van der Waals surface area contributed by atoms with Crippen LogP contribution >= 0.6 is 0 Å². The van der Waals surface area contributed by atoms with Crippen LogP contribution in [0.1, 0.15) is 26.7 Å². The van der Waals surface area contributed by atoms with E-state index in [-0.39, 0.29) is 11.8 Å².